The molecule has 1 saturated heterocycles. The summed E-state index contributed by atoms with van der Waals surface area (Å²) >= 11 is 2.04. The number of hydrogen-bond acceptors (Lipinski definition) is 3. The predicted octanol–water partition coefficient (Wildman–Crippen LogP) is 1.41. The molecular weight excluding hydrogens is 180 g/mol. The van der Waals surface area contributed by atoms with E-state index in [1.807, 2.05) is 11.8 Å². The third-order valence-electron chi connectivity index (χ3n) is 2.69. The molecule has 0 aromatic carbocycles. The molecular formula is C10H22N2S. The summed E-state index contributed by atoms with van der Waals surface area (Å²) in [6.07, 6.45) is 2.69. The zero-order valence-electron chi connectivity index (χ0n) is 8.67. The van der Waals surface area contributed by atoms with Crippen molar-refractivity contribution in [2.24, 2.45) is 11.7 Å². The van der Waals surface area contributed by atoms with Crippen LogP contribution < -0.4 is 5.73 Å². The monoisotopic (exact) mass is 202 g/mol. The SMILES string of the molecule is CCSCCN1CCCC(CN)C1. The lowest BCUT2D eigenvalue weighted by Crippen LogP contribution is -2.39. The second-order valence-corrected chi connectivity index (χ2v) is 5.14. The smallest absolute Gasteiger partial charge is 0.00725 e. The molecule has 0 bridgehead atoms. The highest BCUT2D eigenvalue weighted by molar-refractivity contribution is 7.99. The first-order chi connectivity index (χ1) is 6.36. The molecule has 1 unspecified atom stereocenters. The molecule has 0 aromatic heterocycles. The molecule has 1 atom stereocenters. The fraction of sp³-hybridized carbons (Fsp3) is 1.00. The third-order valence-corrected chi connectivity index (χ3v) is 3.57. The number of thioether (sulfide) groups is 1. The standard InChI is InChI=1S/C10H22N2S/c1-2-13-7-6-12-5-3-4-10(8-11)9-12/h10H,2-9,11H2,1H3. The summed E-state index contributed by atoms with van der Waals surface area (Å²) in [6, 6.07) is 0. The van der Waals surface area contributed by atoms with Crippen LogP contribution in [0.4, 0.5) is 0 Å². The Morgan fingerprint density at radius 2 is 2.38 bits per heavy atom. The minimum Gasteiger partial charge on any atom is -0.330 e. The number of nitrogens with zero attached hydrogens (tertiary/aromatic N) is 1. The van der Waals surface area contributed by atoms with Crippen molar-refractivity contribution < 1.29 is 0 Å². The topological polar surface area (TPSA) is 29.3 Å². The normalized spacial score (nSPS) is 24.9. The molecule has 0 spiro atoms. The molecule has 0 aromatic rings. The van der Waals surface area contributed by atoms with E-state index in [1.165, 1.54) is 44.0 Å². The Morgan fingerprint density at radius 1 is 1.54 bits per heavy atom. The summed E-state index contributed by atoms with van der Waals surface area (Å²) in [5.41, 5.74) is 5.69. The number of hydrogen-bond donors (Lipinski definition) is 1. The zero-order valence-corrected chi connectivity index (χ0v) is 9.48. The Labute approximate surface area is 86.2 Å². The van der Waals surface area contributed by atoms with Gasteiger partial charge in [-0.25, -0.2) is 0 Å². The zero-order chi connectivity index (χ0) is 9.52. The van der Waals surface area contributed by atoms with E-state index in [2.05, 4.69) is 11.8 Å². The maximum Gasteiger partial charge on any atom is 0.00725 e. The molecule has 0 aliphatic carbocycles. The molecule has 78 valence electrons. The van der Waals surface area contributed by atoms with Crippen LogP contribution in [0, 0.1) is 5.92 Å². The summed E-state index contributed by atoms with van der Waals surface area (Å²) in [4.78, 5) is 2.57. The molecule has 0 radical (unpaired) electrons. The highest BCUT2D eigenvalue weighted by atomic mass is 32.2. The van der Waals surface area contributed by atoms with E-state index in [0.717, 1.165) is 12.5 Å². The van der Waals surface area contributed by atoms with Crippen LogP contribution in [0.15, 0.2) is 0 Å². The predicted molar refractivity (Wildman–Crippen MR) is 61.2 cm³/mol. The molecule has 1 heterocycles. The molecule has 0 amide bonds. The quantitative estimate of drug-likeness (QED) is 0.684. The van der Waals surface area contributed by atoms with Gasteiger partial charge in [0.2, 0.25) is 0 Å². The van der Waals surface area contributed by atoms with Gasteiger partial charge in [-0.2, -0.15) is 11.8 Å². The first kappa shape index (κ1) is 11.3. The molecule has 13 heavy (non-hydrogen) atoms. The lowest BCUT2D eigenvalue weighted by Gasteiger charge is -2.31. The first-order valence-corrected chi connectivity index (χ1v) is 6.52. The Morgan fingerprint density at radius 3 is 3.08 bits per heavy atom. The van der Waals surface area contributed by atoms with Crippen LogP contribution in [0.5, 0.6) is 0 Å². The van der Waals surface area contributed by atoms with Gasteiger partial charge < -0.3 is 10.6 Å². The average molecular weight is 202 g/mol. The van der Waals surface area contributed by atoms with Crippen molar-refractivity contribution in [3.05, 3.63) is 0 Å². The van der Waals surface area contributed by atoms with Crippen molar-refractivity contribution in [3.63, 3.8) is 0 Å². The molecule has 1 fully saturated rings. The summed E-state index contributed by atoms with van der Waals surface area (Å²) in [5.74, 6) is 3.29. The highest BCUT2D eigenvalue weighted by Gasteiger charge is 2.17. The van der Waals surface area contributed by atoms with Gasteiger partial charge in [0.25, 0.3) is 0 Å². The van der Waals surface area contributed by atoms with Crippen molar-refractivity contribution in [2.75, 3.05) is 37.7 Å². The summed E-state index contributed by atoms with van der Waals surface area (Å²) < 4.78 is 0. The maximum atomic E-state index is 5.69. The second kappa shape index (κ2) is 6.68. The minimum atomic E-state index is 0.764. The van der Waals surface area contributed by atoms with Crippen LogP contribution in [0.25, 0.3) is 0 Å². The van der Waals surface area contributed by atoms with Gasteiger partial charge in [0.05, 0.1) is 0 Å². The molecule has 1 rings (SSSR count). The lowest BCUT2D eigenvalue weighted by molar-refractivity contribution is 0.188. The van der Waals surface area contributed by atoms with E-state index in [0.29, 0.717) is 0 Å². The molecule has 0 saturated carbocycles. The van der Waals surface area contributed by atoms with Gasteiger partial charge in [0, 0.05) is 18.8 Å². The van der Waals surface area contributed by atoms with Gasteiger partial charge in [-0.05, 0) is 37.6 Å². The van der Waals surface area contributed by atoms with E-state index >= 15 is 0 Å². The van der Waals surface area contributed by atoms with Crippen LogP contribution in [-0.2, 0) is 0 Å². The fourth-order valence-electron chi connectivity index (χ4n) is 1.88. The average Bonchev–Trinajstić information content (AvgIpc) is 2.19. The Balaban J connectivity index is 2.11. The van der Waals surface area contributed by atoms with Crippen molar-refractivity contribution in [2.45, 2.75) is 19.8 Å². The maximum absolute atomic E-state index is 5.69. The van der Waals surface area contributed by atoms with Crippen LogP contribution >= 0.6 is 11.8 Å². The molecule has 2 nitrogen and oxygen atoms in total. The van der Waals surface area contributed by atoms with E-state index < -0.39 is 0 Å². The largest absolute Gasteiger partial charge is 0.330 e. The van der Waals surface area contributed by atoms with Crippen molar-refractivity contribution in [1.29, 1.82) is 0 Å². The number of likely N-dealkylation sites (tertiary alicyclic amines) is 1. The van der Waals surface area contributed by atoms with E-state index in [4.69, 9.17) is 5.73 Å². The number of piperidine rings is 1. The Bertz CT molecular complexity index is 130. The van der Waals surface area contributed by atoms with Crippen LogP contribution in [0.2, 0.25) is 0 Å². The van der Waals surface area contributed by atoms with Gasteiger partial charge in [-0.1, -0.05) is 6.92 Å². The molecule has 1 aliphatic heterocycles. The summed E-state index contributed by atoms with van der Waals surface area (Å²) in [6.45, 7) is 6.89. The van der Waals surface area contributed by atoms with Crippen molar-refractivity contribution >= 4 is 11.8 Å². The van der Waals surface area contributed by atoms with Gasteiger partial charge in [-0.3, -0.25) is 0 Å². The highest BCUT2D eigenvalue weighted by Crippen LogP contribution is 2.15. The minimum absolute atomic E-state index is 0.764. The van der Waals surface area contributed by atoms with Gasteiger partial charge in [0.15, 0.2) is 0 Å². The summed E-state index contributed by atoms with van der Waals surface area (Å²) in [7, 11) is 0. The Hall–Kier alpha value is 0.270. The number of nitrogens with two attached hydrogens (primary N) is 1. The van der Waals surface area contributed by atoms with Crippen LogP contribution in [-0.4, -0.2) is 42.6 Å². The van der Waals surface area contributed by atoms with E-state index in [-0.39, 0.29) is 0 Å². The molecule has 3 heteroatoms. The van der Waals surface area contributed by atoms with Gasteiger partial charge >= 0.3 is 0 Å². The van der Waals surface area contributed by atoms with E-state index in [1.54, 1.807) is 0 Å². The fourth-order valence-corrected chi connectivity index (χ4v) is 2.56. The van der Waals surface area contributed by atoms with E-state index in [9.17, 15) is 0 Å². The van der Waals surface area contributed by atoms with Crippen LogP contribution in [0.1, 0.15) is 19.8 Å². The summed E-state index contributed by atoms with van der Waals surface area (Å²) in [5, 5.41) is 0. The first-order valence-electron chi connectivity index (χ1n) is 5.37. The molecule has 2 N–H and O–H groups in total. The molecule has 1 aliphatic rings. The van der Waals surface area contributed by atoms with Gasteiger partial charge in [0.1, 0.15) is 0 Å². The van der Waals surface area contributed by atoms with Crippen molar-refractivity contribution in [3.8, 4) is 0 Å². The van der Waals surface area contributed by atoms with Crippen LogP contribution in [0.3, 0.4) is 0 Å². The number of rotatable bonds is 5. The second-order valence-electron chi connectivity index (χ2n) is 3.74. The third kappa shape index (κ3) is 4.34. The van der Waals surface area contributed by atoms with Gasteiger partial charge in [-0.15, -0.1) is 0 Å². The lowest BCUT2D eigenvalue weighted by atomic mass is 9.98. The van der Waals surface area contributed by atoms with Crippen molar-refractivity contribution in [1.82, 2.24) is 4.90 Å². The Kier molecular flexibility index (Phi) is 5.83.